The first kappa shape index (κ1) is 30.1. The number of hydrogen-bond acceptors (Lipinski definition) is 3. The Morgan fingerprint density at radius 1 is 0.396 bits per heavy atom. The summed E-state index contributed by atoms with van der Waals surface area (Å²) in [7, 11) is 0. The molecule has 0 aliphatic heterocycles. The van der Waals surface area contributed by atoms with Gasteiger partial charge in [-0.15, -0.1) is 0 Å². The average molecular weight is 679 g/mol. The van der Waals surface area contributed by atoms with Gasteiger partial charge in [0.1, 0.15) is 11.2 Å². The third kappa shape index (κ3) is 4.16. The molecule has 0 atom stereocenters. The van der Waals surface area contributed by atoms with Crippen molar-refractivity contribution in [1.82, 2.24) is 9.97 Å². The normalized spacial score (nSPS) is 14.5. The number of nitrogens with zero attached hydrogens (tertiary/aromatic N) is 2. The molecule has 1 spiro atoms. The molecule has 3 heteroatoms. The van der Waals surface area contributed by atoms with Crippen molar-refractivity contribution in [2.24, 2.45) is 0 Å². The van der Waals surface area contributed by atoms with Gasteiger partial charge in [-0.1, -0.05) is 147 Å². The molecular weight excluding hydrogens is 645 g/mol. The van der Waals surface area contributed by atoms with E-state index in [1.165, 1.54) is 44.5 Å². The second kappa shape index (κ2) is 11.0. The molecule has 11 rings (SSSR count). The van der Waals surface area contributed by atoms with E-state index in [9.17, 15) is 0 Å². The molecule has 53 heavy (non-hydrogen) atoms. The molecule has 2 heterocycles. The highest BCUT2D eigenvalue weighted by molar-refractivity contribution is 6.07. The molecule has 0 saturated heterocycles. The van der Waals surface area contributed by atoms with Gasteiger partial charge in [0.05, 0.1) is 16.8 Å². The minimum absolute atomic E-state index is 0.245. The standard InChI is InChI=1S/C50H34N2O/c1-49(2)40-23-13-14-24-41(40)50(38-21-11-9-19-34(38)35-20-10-12-22-39(35)50)43-28-37-36-27-33(25-26-46(36)53-47(37)29-42(43)49)45-30-44(31-15-5-3-6-16-31)51-48(52-45)32-17-7-4-8-18-32/h3-30H,1-2H3. The molecule has 7 aromatic carbocycles. The Kier molecular flexibility index (Phi) is 6.22. The van der Waals surface area contributed by atoms with Gasteiger partial charge < -0.3 is 4.42 Å². The summed E-state index contributed by atoms with van der Waals surface area (Å²) in [6.45, 7) is 4.72. The Labute approximate surface area is 308 Å². The van der Waals surface area contributed by atoms with Crippen molar-refractivity contribution in [1.29, 1.82) is 0 Å². The third-order valence-electron chi connectivity index (χ3n) is 11.8. The van der Waals surface area contributed by atoms with E-state index < -0.39 is 5.41 Å². The van der Waals surface area contributed by atoms with Crippen LogP contribution in [0.15, 0.2) is 174 Å². The molecule has 0 radical (unpaired) electrons. The van der Waals surface area contributed by atoms with Crippen LogP contribution in [0.1, 0.15) is 47.2 Å². The highest BCUT2D eigenvalue weighted by Crippen LogP contribution is 2.62. The molecule has 0 N–H and O–H groups in total. The Morgan fingerprint density at radius 3 is 1.62 bits per heavy atom. The number of rotatable bonds is 3. The van der Waals surface area contributed by atoms with E-state index in [4.69, 9.17) is 14.4 Å². The molecule has 0 amide bonds. The van der Waals surface area contributed by atoms with Crippen LogP contribution in [0, 0.1) is 0 Å². The van der Waals surface area contributed by atoms with Gasteiger partial charge in [0, 0.05) is 32.9 Å². The zero-order valence-corrected chi connectivity index (χ0v) is 29.5. The minimum atomic E-state index is -0.466. The van der Waals surface area contributed by atoms with Crippen LogP contribution in [0.2, 0.25) is 0 Å². The maximum atomic E-state index is 6.73. The van der Waals surface area contributed by atoms with Crippen LogP contribution in [-0.4, -0.2) is 9.97 Å². The highest BCUT2D eigenvalue weighted by atomic mass is 16.3. The van der Waals surface area contributed by atoms with Crippen LogP contribution in [0.3, 0.4) is 0 Å². The van der Waals surface area contributed by atoms with E-state index >= 15 is 0 Å². The fourth-order valence-corrected chi connectivity index (χ4v) is 9.34. The lowest BCUT2D eigenvalue weighted by Gasteiger charge is -2.46. The van der Waals surface area contributed by atoms with Crippen molar-refractivity contribution in [3.8, 4) is 45.0 Å². The molecule has 2 aromatic heterocycles. The molecule has 0 saturated carbocycles. The zero-order chi connectivity index (χ0) is 35.3. The molecule has 0 bridgehead atoms. The Morgan fingerprint density at radius 2 is 0.943 bits per heavy atom. The van der Waals surface area contributed by atoms with Crippen molar-refractivity contribution in [2.75, 3.05) is 0 Å². The number of benzene rings is 7. The van der Waals surface area contributed by atoms with Crippen LogP contribution >= 0.6 is 0 Å². The van der Waals surface area contributed by atoms with Crippen LogP contribution in [0.25, 0.3) is 67.0 Å². The van der Waals surface area contributed by atoms with Crippen molar-refractivity contribution in [2.45, 2.75) is 24.7 Å². The lowest BCUT2D eigenvalue weighted by molar-refractivity contribution is 0.562. The number of furan rings is 1. The van der Waals surface area contributed by atoms with Crippen LogP contribution in [0.4, 0.5) is 0 Å². The summed E-state index contributed by atoms with van der Waals surface area (Å²) in [5, 5.41) is 2.19. The summed E-state index contributed by atoms with van der Waals surface area (Å²) in [4.78, 5) is 10.2. The predicted molar refractivity (Wildman–Crippen MR) is 215 cm³/mol. The van der Waals surface area contributed by atoms with Crippen LogP contribution in [-0.2, 0) is 10.8 Å². The van der Waals surface area contributed by atoms with Crippen molar-refractivity contribution in [3.63, 3.8) is 0 Å². The fourth-order valence-electron chi connectivity index (χ4n) is 9.34. The minimum Gasteiger partial charge on any atom is -0.456 e. The summed E-state index contributed by atoms with van der Waals surface area (Å²) in [6.07, 6.45) is 0. The fraction of sp³-hybridized carbons (Fsp3) is 0.0800. The summed E-state index contributed by atoms with van der Waals surface area (Å²) in [6, 6.07) is 61.0. The second-order valence-corrected chi connectivity index (χ2v) is 14.9. The molecular formula is C50H34N2O. The molecule has 2 aliphatic rings. The van der Waals surface area contributed by atoms with Gasteiger partial charge in [0.2, 0.25) is 0 Å². The van der Waals surface area contributed by atoms with Gasteiger partial charge in [0.25, 0.3) is 0 Å². The van der Waals surface area contributed by atoms with Crippen LogP contribution < -0.4 is 0 Å². The molecule has 2 aliphatic carbocycles. The van der Waals surface area contributed by atoms with Gasteiger partial charge in [-0.05, 0) is 80.9 Å². The van der Waals surface area contributed by atoms with E-state index in [-0.39, 0.29) is 5.41 Å². The van der Waals surface area contributed by atoms with E-state index in [0.717, 1.165) is 50.0 Å². The summed E-state index contributed by atoms with van der Waals surface area (Å²) in [5.41, 5.74) is 16.5. The van der Waals surface area contributed by atoms with Crippen molar-refractivity contribution < 1.29 is 4.42 Å². The first-order valence-corrected chi connectivity index (χ1v) is 18.3. The van der Waals surface area contributed by atoms with Crippen LogP contribution in [0.5, 0.6) is 0 Å². The van der Waals surface area contributed by atoms with Crippen molar-refractivity contribution in [3.05, 3.63) is 203 Å². The lowest BCUT2D eigenvalue weighted by Crippen LogP contribution is -2.40. The summed E-state index contributed by atoms with van der Waals surface area (Å²) < 4.78 is 6.73. The Bertz CT molecular complexity index is 2820. The first-order chi connectivity index (χ1) is 26.0. The number of hydrogen-bond donors (Lipinski definition) is 0. The van der Waals surface area contributed by atoms with Gasteiger partial charge >= 0.3 is 0 Å². The van der Waals surface area contributed by atoms with Gasteiger partial charge in [-0.25, -0.2) is 9.97 Å². The quantitative estimate of drug-likeness (QED) is 0.187. The largest absolute Gasteiger partial charge is 0.456 e. The zero-order valence-electron chi connectivity index (χ0n) is 29.5. The summed E-state index contributed by atoms with van der Waals surface area (Å²) >= 11 is 0. The van der Waals surface area contributed by atoms with E-state index in [2.05, 4.69) is 159 Å². The van der Waals surface area contributed by atoms with Gasteiger partial charge in [-0.2, -0.15) is 0 Å². The maximum absolute atomic E-state index is 6.73. The molecule has 9 aromatic rings. The Hall–Kier alpha value is -6.58. The lowest BCUT2D eigenvalue weighted by atomic mass is 9.55. The monoisotopic (exact) mass is 678 g/mol. The van der Waals surface area contributed by atoms with Crippen molar-refractivity contribution >= 4 is 21.9 Å². The average Bonchev–Trinajstić information content (AvgIpc) is 3.73. The van der Waals surface area contributed by atoms with E-state index in [1.807, 2.05) is 24.3 Å². The third-order valence-corrected chi connectivity index (χ3v) is 11.8. The van der Waals surface area contributed by atoms with Gasteiger partial charge in [0.15, 0.2) is 5.82 Å². The SMILES string of the molecule is CC1(C)c2ccccc2C2(c3ccccc3-c3ccccc32)c2cc3c(cc21)oc1ccc(-c2cc(-c4ccccc4)nc(-c4ccccc4)n2)cc13. The number of aromatic nitrogens is 2. The summed E-state index contributed by atoms with van der Waals surface area (Å²) in [5.74, 6) is 0.703. The van der Waals surface area contributed by atoms with Gasteiger partial charge in [-0.3, -0.25) is 0 Å². The number of fused-ring (bicyclic) bond motifs is 12. The molecule has 0 unspecified atom stereocenters. The topological polar surface area (TPSA) is 38.9 Å². The van der Waals surface area contributed by atoms with E-state index in [1.54, 1.807) is 0 Å². The molecule has 3 nitrogen and oxygen atoms in total. The highest BCUT2D eigenvalue weighted by Gasteiger charge is 2.53. The molecule has 0 fully saturated rings. The smallest absolute Gasteiger partial charge is 0.160 e. The molecule has 250 valence electrons. The van der Waals surface area contributed by atoms with E-state index in [0.29, 0.717) is 5.82 Å². The first-order valence-electron chi connectivity index (χ1n) is 18.3. The Balaban J connectivity index is 1.18. The maximum Gasteiger partial charge on any atom is 0.160 e. The predicted octanol–water partition coefficient (Wildman–Crippen LogP) is 12.4. The second-order valence-electron chi connectivity index (χ2n) is 14.9.